The number of nitrogens with one attached hydrogen (secondary N) is 1. The summed E-state index contributed by atoms with van der Waals surface area (Å²) < 4.78 is 6.27. The zero-order chi connectivity index (χ0) is 14.8. The van der Waals surface area contributed by atoms with Gasteiger partial charge in [0.2, 0.25) is 0 Å². The fourth-order valence-corrected chi connectivity index (χ4v) is 3.84. The molecule has 0 unspecified atom stereocenters. The second-order valence-corrected chi connectivity index (χ2v) is 6.52. The zero-order valence-corrected chi connectivity index (χ0v) is 13.0. The topological polar surface area (TPSA) is 64.3 Å². The highest BCUT2D eigenvalue weighted by atomic mass is 32.1. The van der Waals surface area contributed by atoms with Gasteiger partial charge in [0.05, 0.1) is 24.7 Å². The van der Waals surface area contributed by atoms with Crippen LogP contribution in [0, 0.1) is 0 Å². The number of thiophene rings is 2. The van der Waals surface area contributed by atoms with E-state index in [9.17, 15) is 4.79 Å². The van der Waals surface area contributed by atoms with Crippen molar-refractivity contribution < 1.29 is 9.53 Å². The largest absolute Gasteiger partial charge is 0.496 e. The monoisotopic (exact) mass is 318 g/mol. The highest BCUT2D eigenvalue weighted by Crippen LogP contribution is 2.39. The van der Waals surface area contributed by atoms with Crippen molar-refractivity contribution in [2.75, 3.05) is 12.8 Å². The second kappa shape index (κ2) is 5.75. The van der Waals surface area contributed by atoms with E-state index in [2.05, 4.69) is 5.32 Å². The van der Waals surface area contributed by atoms with Crippen molar-refractivity contribution in [3.63, 3.8) is 0 Å². The molecule has 1 amide bonds. The molecule has 0 saturated heterocycles. The molecule has 2 aromatic heterocycles. The molecule has 0 saturated carbocycles. The molecule has 0 spiro atoms. The van der Waals surface area contributed by atoms with Crippen LogP contribution in [0.25, 0.3) is 10.1 Å². The van der Waals surface area contributed by atoms with E-state index in [1.165, 1.54) is 11.3 Å². The molecule has 0 fully saturated rings. The van der Waals surface area contributed by atoms with Gasteiger partial charge in [-0.3, -0.25) is 4.79 Å². The molecule has 0 aliphatic heterocycles. The molecule has 1 aromatic carbocycles. The maximum absolute atomic E-state index is 12.3. The van der Waals surface area contributed by atoms with Crippen LogP contribution in [-0.4, -0.2) is 13.0 Å². The lowest BCUT2D eigenvalue weighted by atomic mass is 10.2. The van der Waals surface area contributed by atoms with Crippen LogP contribution in [0.4, 0.5) is 5.69 Å². The third kappa shape index (κ3) is 2.59. The highest BCUT2D eigenvalue weighted by molar-refractivity contribution is 7.21. The van der Waals surface area contributed by atoms with Crippen molar-refractivity contribution in [3.8, 4) is 5.75 Å². The number of amides is 1. The van der Waals surface area contributed by atoms with Crippen LogP contribution < -0.4 is 15.8 Å². The van der Waals surface area contributed by atoms with Crippen molar-refractivity contribution in [3.05, 3.63) is 45.5 Å². The van der Waals surface area contributed by atoms with Crippen molar-refractivity contribution >= 4 is 44.4 Å². The van der Waals surface area contributed by atoms with Gasteiger partial charge in [0.15, 0.2) is 0 Å². The summed E-state index contributed by atoms with van der Waals surface area (Å²) in [6.45, 7) is 0.515. The minimum atomic E-state index is -0.149. The summed E-state index contributed by atoms with van der Waals surface area (Å²) in [5.74, 6) is 0.544. The minimum Gasteiger partial charge on any atom is -0.496 e. The summed E-state index contributed by atoms with van der Waals surface area (Å²) in [4.78, 5) is 14.0. The first-order valence-electron chi connectivity index (χ1n) is 6.36. The van der Waals surface area contributed by atoms with Crippen molar-refractivity contribution in [1.82, 2.24) is 5.32 Å². The SMILES string of the molecule is COc1cccc2sc(C(=O)NCc3cccs3)c(N)c12. The molecule has 108 valence electrons. The van der Waals surface area contributed by atoms with Crippen LogP contribution in [0.1, 0.15) is 14.5 Å². The normalized spacial score (nSPS) is 10.7. The van der Waals surface area contributed by atoms with Gasteiger partial charge in [-0.25, -0.2) is 0 Å². The number of methoxy groups -OCH3 is 1. The summed E-state index contributed by atoms with van der Waals surface area (Å²) in [5, 5.41) is 5.70. The number of ether oxygens (including phenoxy) is 1. The summed E-state index contributed by atoms with van der Waals surface area (Å²) in [6.07, 6.45) is 0. The first-order valence-corrected chi connectivity index (χ1v) is 8.06. The van der Waals surface area contributed by atoms with Gasteiger partial charge in [-0.15, -0.1) is 22.7 Å². The molecule has 4 nitrogen and oxygen atoms in total. The molecular formula is C15H14N2O2S2. The van der Waals surface area contributed by atoms with Gasteiger partial charge in [0.25, 0.3) is 5.91 Å². The maximum atomic E-state index is 12.3. The Morgan fingerprint density at radius 2 is 2.19 bits per heavy atom. The van der Waals surface area contributed by atoms with Gasteiger partial charge in [-0.1, -0.05) is 12.1 Å². The number of nitrogens with two attached hydrogens (primary N) is 1. The number of nitrogen functional groups attached to an aromatic ring is 1. The molecule has 2 heterocycles. The average molecular weight is 318 g/mol. The van der Waals surface area contributed by atoms with Gasteiger partial charge < -0.3 is 15.8 Å². The van der Waals surface area contributed by atoms with Crippen LogP contribution in [0.2, 0.25) is 0 Å². The molecule has 0 atom stereocenters. The Morgan fingerprint density at radius 1 is 1.33 bits per heavy atom. The number of anilines is 1. The van der Waals surface area contributed by atoms with E-state index in [0.29, 0.717) is 22.9 Å². The third-order valence-corrected chi connectivity index (χ3v) is 5.19. The van der Waals surface area contributed by atoms with Gasteiger partial charge in [-0.2, -0.15) is 0 Å². The predicted molar refractivity (Wildman–Crippen MR) is 88.3 cm³/mol. The Balaban J connectivity index is 1.89. The van der Waals surface area contributed by atoms with E-state index >= 15 is 0 Å². The van der Waals surface area contributed by atoms with E-state index in [0.717, 1.165) is 15.0 Å². The number of benzene rings is 1. The molecule has 3 aromatic rings. The number of hydrogen-bond acceptors (Lipinski definition) is 5. The van der Waals surface area contributed by atoms with E-state index in [1.54, 1.807) is 18.4 Å². The first kappa shape index (κ1) is 13.9. The summed E-state index contributed by atoms with van der Waals surface area (Å²) in [6, 6.07) is 9.63. The summed E-state index contributed by atoms with van der Waals surface area (Å²) in [5.41, 5.74) is 6.62. The second-order valence-electron chi connectivity index (χ2n) is 4.44. The van der Waals surface area contributed by atoms with Crippen molar-refractivity contribution in [2.45, 2.75) is 6.54 Å². The summed E-state index contributed by atoms with van der Waals surface area (Å²) >= 11 is 3.00. The Kier molecular flexibility index (Phi) is 3.81. The van der Waals surface area contributed by atoms with Gasteiger partial charge in [0.1, 0.15) is 10.6 Å². The smallest absolute Gasteiger partial charge is 0.263 e. The van der Waals surface area contributed by atoms with Crippen molar-refractivity contribution in [1.29, 1.82) is 0 Å². The van der Waals surface area contributed by atoms with E-state index in [1.807, 2.05) is 35.7 Å². The molecule has 3 N–H and O–H groups in total. The highest BCUT2D eigenvalue weighted by Gasteiger charge is 2.18. The molecule has 0 radical (unpaired) electrons. The van der Waals surface area contributed by atoms with E-state index < -0.39 is 0 Å². The van der Waals surface area contributed by atoms with Crippen molar-refractivity contribution in [2.24, 2.45) is 0 Å². The van der Waals surface area contributed by atoms with Crippen LogP contribution in [-0.2, 0) is 6.54 Å². The Hall–Kier alpha value is -2.05. The Bertz CT molecular complexity index is 778. The quantitative estimate of drug-likeness (QED) is 0.774. The molecule has 3 rings (SSSR count). The van der Waals surface area contributed by atoms with Crippen LogP contribution in [0.5, 0.6) is 5.75 Å². The molecule has 0 bridgehead atoms. The summed E-state index contributed by atoms with van der Waals surface area (Å²) in [7, 11) is 1.60. The number of hydrogen-bond donors (Lipinski definition) is 2. The van der Waals surface area contributed by atoms with Crippen LogP contribution >= 0.6 is 22.7 Å². The van der Waals surface area contributed by atoms with Gasteiger partial charge in [0, 0.05) is 9.58 Å². The standard InChI is InChI=1S/C15H14N2O2S2/c1-19-10-5-2-6-11-12(10)13(16)14(21-11)15(18)17-8-9-4-3-7-20-9/h2-7H,8,16H2,1H3,(H,17,18). The lowest BCUT2D eigenvalue weighted by Crippen LogP contribution is -2.22. The lowest BCUT2D eigenvalue weighted by Gasteiger charge is -2.04. The fourth-order valence-electron chi connectivity index (χ4n) is 2.14. The number of fused-ring (bicyclic) bond motifs is 1. The maximum Gasteiger partial charge on any atom is 0.263 e. The van der Waals surface area contributed by atoms with Gasteiger partial charge in [-0.05, 0) is 23.6 Å². The van der Waals surface area contributed by atoms with E-state index in [4.69, 9.17) is 10.5 Å². The minimum absolute atomic E-state index is 0.149. The number of carbonyl (C=O) groups excluding carboxylic acids is 1. The molecule has 21 heavy (non-hydrogen) atoms. The molecule has 0 aliphatic carbocycles. The number of rotatable bonds is 4. The molecule has 0 aliphatic rings. The average Bonchev–Trinajstić information content (AvgIpc) is 3.13. The lowest BCUT2D eigenvalue weighted by molar-refractivity contribution is 0.0956. The fraction of sp³-hybridized carbons (Fsp3) is 0.133. The van der Waals surface area contributed by atoms with Crippen LogP contribution in [0.3, 0.4) is 0 Å². The van der Waals surface area contributed by atoms with Gasteiger partial charge >= 0.3 is 0 Å². The van der Waals surface area contributed by atoms with E-state index in [-0.39, 0.29) is 5.91 Å². The molecule has 6 heteroatoms. The predicted octanol–water partition coefficient (Wildman–Crippen LogP) is 3.48. The zero-order valence-electron chi connectivity index (χ0n) is 11.4. The Labute approximate surface area is 130 Å². The van der Waals surface area contributed by atoms with Crippen LogP contribution in [0.15, 0.2) is 35.7 Å². The third-order valence-electron chi connectivity index (χ3n) is 3.14. The first-order chi connectivity index (χ1) is 10.2. The number of carbonyl (C=O) groups is 1. The Morgan fingerprint density at radius 3 is 2.90 bits per heavy atom. The molecular weight excluding hydrogens is 304 g/mol.